The van der Waals surface area contributed by atoms with Crippen molar-refractivity contribution in [1.82, 2.24) is 0 Å². The second-order valence-electron chi connectivity index (χ2n) is 2.82. The van der Waals surface area contributed by atoms with E-state index in [1.54, 1.807) is 0 Å². The molecule has 14 heavy (non-hydrogen) atoms. The Balaban J connectivity index is 4.22. The van der Waals surface area contributed by atoms with E-state index in [1.165, 1.54) is 0 Å². The maximum absolute atomic E-state index is 9.42. The van der Waals surface area contributed by atoms with E-state index in [1.807, 2.05) is 0 Å². The highest BCUT2D eigenvalue weighted by molar-refractivity contribution is 6.30. The van der Waals surface area contributed by atoms with E-state index >= 15 is 0 Å². The molecule has 0 aromatic heterocycles. The Morgan fingerprint density at radius 3 is 1.57 bits per heavy atom. The minimum atomic E-state index is -1.40. The van der Waals surface area contributed by atoms with Crippen LogP contribution in [0.15, 0.2) is 0 Å². The summed E-state index contributed by atoms with van der Waals surface area (Å²) in [5, 5.41) is 33.1. The van der Waals surface area contributed by atoms with E-state index in [-0.39, 0.29) is 0 Å². The highest BCUT2D eigenvalue weighted by Gasteiger charge is 2.33. The zero-order valence-electron chi connectivity index (χ0n) is 7.22. The van der Waals surface area contributed by atoms with Crippen LogP contribution in [0.3, 0.4) is 0 Å². The number of hydrogen-bond acceptors (Lipinski definition) is 4. The summed E-state index contributed by atoms with van der Waals surface area (Å²) in [5.74, 6) is 0. The molecule has 0 amide bonds. The number of aliphatic hydroxyl groups excluding tert-OH is 4. The van der Waals surface area contributed by atoms with Crippen molar-refractivity contribution >= 4 is 34.8 Å². The van der Waals surface area contributed by atoms with Crippen molar-refractivity contribution in [2.24, 2.45) is 0 Å². The Morgan fingerprint density at radius 1 is 0.786 bits per heavy atom. The van der Waals surface area contributed by atoms with Gasteiger partial charge in [0.15, 0.2) is 0 Å². The van der Waals surface area contributed by atoms with E-state index in [0.29, 0.717) is 0 Å². The molecule has 0 rings (SSSR count). The third-order valence-corrected chi connectivity index (χ3v) is 3.24. The summed E-state index contributed by atoms with van der Waals surface area (Å²) in [7, 11) is 0. The smallest absolute Gasteiger partial charge is 0.0999 e. The summed E-state index contributed by atoms with van der Waals surface area (Å²) < 4.78 is 0. The Hall–Kier alpha value is 0.710. The van der Waals surface area contributed by atoms with E-state index in [9.17, 15) is 10.2 Å². The number of halogens is 3. The van der Waals surface area contributed by atoms with Crippen molar-refractivity contribution in [3.05, 3.63) is 0 Å². The molecule has 86 valence electrons. The van der Waals surface area contributed by atoms with Crippen molar-refractivity contribution < 1.29 is 20.4 Å². The van der Waals surface area contributed by atoms with Crippen molar-refractivity contribution in [2.75, 3.05) is 13.2 Å². The van der Waals surface area contributed by atoms with Crippen molar-refractivity contribution in [3.63, 3.8) is 0 Å². The third kappa shape index (κ3) is 4.06. The molecule has 0 heterocycles. The fraction of sp³-hybridized carbons (Fsp3) is 1.00. The summed E-state index contributed by atoms with van der Waals surface area (Å²) in [5.41, 5.74) is 0. The molecular weight excluding hydrogens is 254 g/mol. The maximum Gasteiger partial charge on any atom is 0.0999 e. The molecule has 0 saturated heterocycles. The predicted molar refractivity (Wildman–Crippen MR) is 55.1 cm³/mol. The molecular formula is C7H13Cl3O4. The highest BCUT2D eigenvalue weighted by atomic mass is 35.5. The first kappa shape index (κ1) is 14.7. The Morgan fingerprint density at radius 2 is 1.21 bits per heavy atom. The van der Waals surface area contributed by atoms with Crippen LogP contribution in [0.4, 0.5) is 0 Å². The van der Waals surface area contributed by atoms with Gasteiger partial charge in [0.1, 0.15) is 0 Å². The zero-order chi connectivity index (χ0) is 11.3. The van der Waals surface area contributed by atoms with Gasteiger partial charge in [0.25, 0.3) is 0 Å². The molecule has 5 atom stereocenters. The summed E-state index contributed by atoms with van der Waals surface area (Å²) in [6, 6.07) is 0. The molecule has 4 N–H and O–H groups in total. The van der Waals surface area contributed by atoms with Crippen LogP contribution in [0.25, 0.3) is 0 Å². The Labute approximate surface area is 97.0 Å². The van der Waals surface area contributed by atoms with Gasteiger partial charge in [-0.15, -0.1) is 34.8 Å². The lowest BCUT2D eigenvalue weighted by molar-refractivity contribution is 0.00403. The van der Waals surface area contributed by atoms with Gasteiger partial charge in [-0.2, -0.15) is 0 Å². The fourth-order valence-corrected chi connectivity index (χ4v) is 1.35. The van der Waals surface area contributed by atoms with Gasteiger partial charge in [-0.1, -0.05) is 0 Å². The number of alkyl halides is 3. The first-order chi connectivity index (χ1) is 6.45. The van der Waals surface area contributed by atoms with Crippen LogP contribution < -0.4 is 0 Å². The predicted octanol–water partition coefficient (Wildman–Crippen LogP) is -0.485. The molecule has 0 aliphatic rings. The third-order valence-electron chi connectivity index (χ3n) is 1.74. The van der Waals surface area contributed by atoms with Gasteiger partial charge >= 0.3 is 0 Å². The first-order valence-corrected chi connectivity index (χ1v) is 5.26. The van der Waals surface area contributed by atoms with Gasteiger partial charge in [0.2, 0.25) is 0 Å². The molecule has 0 saturated carbocycles. The lowest BCUT2D eigenvalue weighted by Gasteiger charge is -2.26. The van der Waals surface area contributed by atoms with Crippen LogP contribution in [0, 0.1) is 0 Å². The normalized spacial score (nSPS) is 22.5. The Bertz CT molecular complexity index is 144. The van der Waals surface area contributed by atoms with E-state index in [2.05, 4.69) is 0 Å². The van der Waals surface area contributed by atoms with Gasteiger partial charge in [-0.3, -0.25) is 0 Å². The molecule has 7 heteroatoms. The van der Waals surface area contributed by atoms with E-state index < -0.39 is 41.6 Å². The summed E-state index contributed by atoms with van der Waals surface area (Å²) in [4.78, 5) is 0. The molecule has 0 radical (unpaired) electrons. The van der Waals surface area contributed by atoms with Gasteiger partial charge in [-0.25, -0.2) is 0 Å². The van der Waals surface area contributed by atoms with Crippen LogP contribution in [-0.2, 0) is 0 Å². The number of rotatable bonds is 6. The molecule has 0 aromatic carbocycles. The standard InChI is InChI=1S/C7H13Cl3O4/c8-3(1-11)5(10)7(14)6(13)4(9)2-12/h3-7,11-14H,1-2H2. The average Bonchev–Trinajstić information content (AvgIpc) is 2.23. The molecule has 0 fully saturated rings. The van der Waals surface area contributed by atoms with E-state index in [0.717, 1.165) is 0 Å². The van der Waals surface area contributed by atoms with Gasteiger partial charge < -0.3 is 20.4 Å². The van der Waals surface area contributed by atoms with Crippen molar-refractivity contribution in [2.45, 2.75) is 28.3 Å². The lowest BCUT2D eigenvalue weighted by atomic mass is 10.1. The average molecular weight is 268 g/mol. The van der Waals surface area contributed by atoms with Crippen LogP contribution in [0.1, 0.15) is 0 Å². The second kappa shape index (κ2) is 7.06. The topological polar surface area (TPSA) is 80.9 Å². The SMILES string of the molecule is OCC(Cl)C(O)C(O)C(Cl)C(Cl)CO. The molecule has 4 nitrogen and oxygen atoms in total. The second-order valence-corrected chi connectivity index (χ2v) is 4.45. The summed E-state index contributed by atoms with van der Waals surface area (Å²) in [6.45, 7) is -0.916. The molecule has 5 unspecified atom stereocenters. The maximum atomic E-state index is 9.42. The molecule has 0 aliphatic heterocycles. The zero-order valence-corrected chi connectivity index (χ0v) is 9.49. The lowest BCUT2D eigenvalue weighted by Crippen LogP contribution is -2.45. The highest BCUT2D eigenvalue weighted by Crippen LogP contribution is 2.19. The van der Waals surface area contributed by atoms with Crippen LogP contribution in [-0.4, -0.2) is 62.0 Å². The molecule has 0 bridgehead atoms. The minimum Gasteiger partial charge on any atom is -0.395 e. The van der Waals surface area contributed by atoms with Gasteiger partial charge in [0, 0.05) is 0 Å². The molecule has 0 aromatic rings. The van der Waals surface area contributed by atoms with Crippen LogP contribution in [0.2, 0.25) is 0 Å². The van der Waals surface area contributed by atoms with Gasteiger partial charge in [-0.05, 0) is 0 Å². The molecule has 0 spiro atoms. The molecule has 0 aliphatic carbocycles. The van der Waals surface area contributed by atoms with E-state index in [4.69, 9.17) is 45.0 Å². The minimum absolute atomic E-state index is 0.425. The van der Waals surface area contributed by atoms with Gasteiger partial charge in [0.05, 0.1) is 41.6 Å². The van der Waals surface area contributed by atoms with Crippen molar-refractivity contribution in [1.29, 1.82) is 0 Å². The quantitative estimate of drug-likeness (QED) is 0.490. The number of hydrogen-bond donors (Lipinski definition) is 4. The van der Waals surface area contributed by atoms with Crippen LogP contribution >= 0.6 is 34.8 Å². The monoisotopic (exact) mass is 266 g/mol. The summed E-state index contributed by atoms with van der Waals surface area (Å²) in [6.07, 6.45) is -2.79. The first-order valence-electron chi connectivity index (χ1n) is 3.95. The summed E-state index contributed by atoms with van der Waals surface area (Å²) >= 11 is 16.7. The fourth-order valence-electron chi connectivity index (χ4n) is 0.825. The number of aliphatic hydroxyl groups is 4. The van der Waals surface area contributed by atoms with Crippen molar-refractivity contribution in [3.8, 4) is 0 Å². The van der Waals surface area contributed by atoms with Crippen LogP contribution in [0.5, 0.6) is 0 Å². The largest absolute Gasteiger partial charge is 0.395 e. The Kier molecular flexibility index (Phi) is 7.42.